The molecule has 0 aliphatic heterocycles. The molecule has 1 N–H and O–H groups in total. The summed E-state index contributed by atoms with van der Waals surface area (Å²) < 4.78 is 31.3. The summed E-state index contributed by atoms with van der Waals surface area (Å²) in [5, 5.41) is 13.5. The van der Waals surface area contributed by atoms with Crippen LogP contribution in [0.3, 0.4) is 0 Å². The Bertz CT molecular complexity index is 976. The van der Waals surface area contributed by atoms with Gasteiger partial charge < -0.3 is 10.1 Å². The molecule has 0 unspecified atom stereocenters. The Kier molecular flexibility index (Phi) is 7.16. The van der Waals surface area contributed by atoms with Gasteiger partial charge in [-0.25, -0.2) is 8.42 Å². The van der Waals surface area contributed by atoms with E-state index < -0.39 is 26.9 Å². The van der Waals surface area contributed by atoms with Crippen LogP contribution in [0.1, 0.15) is 20.3 Å². The lowest BCUT2D eigenvalue weighted by atomic mass is 10.1. The molecule has 0 spiro atoms. The molecule has 10 heteroatoms. The van der Waals surface area contributed by atoms with Crippen LogP contribution in [0.15, 0.2) is 48.5 Å². The van der Waals surface area contributed by atoms with Crippen LogP contribution < -0.4 is 14.4 Å². The number of benzene rings is 2. The van der Waals surface area contributed by atoms with Crippen molar-refractivity contribution in [2.75, 3.05) is 22.5 Å². The zero-order chi connectivity index (χ0) is 21.6. The van der Waals surface area contributed by atoms with Gasteiger partial charge >= 0.3 is 0 Å². The lowest BCUT2D eigenvalue weighted by molar-refractivity contribution is -0.384. The molecule has 0 aliphatic carbocycles. The summed E-state index contributed by atoms with van der Waals surface area (Å²) in [6, 6.07) is 10.8. The average Bonchev–Trinajstić information content (AvgIpc) is 2.66. The largest absolute Gasteiger partial charge is 0.494 e. The number of nitrogens with one attached hydrogen (secondary N) is 1. The fraction of sp³-hybridized carbons (Fsp3) is 0.316. The molecule has 0 heterocycles. The van der Waals surface area contributed by atoms with E-state index in [1.165, 1.54) is 24.3 Å². The summed E-state index contributed by atoms with van der Waals surface area (Å²) >= 11 is 0. The van der Waals surface area contributed by atoms with Crippen LogP contribution in [0.25, 0.3) is 0 Å². The van der Waals surface area contributed by atoms with Crippen LogP contribution in [-0.4, -0.2) is 38.2 Å². The van der Waals surface area contributed by atoms with Crippen LogP contribution in [0.4, 0.5) is 17.1 Å². The number of nitro groups is 1. The number of amides is 1. The minimum absolute atomic E-state index is 0.178. The number of nitrogens with zero attached hydrogens (tertiary/aromatic N) is 2. The molecule has 2 rings (SSSR count). The number of nitro benzene ring substituents is 1. The van der Waals surface area contributed by atoms with Gasteiger partial charge in [-0.2, -0.15) is 0 Å². The van der Waals surface area contributed by atoms with Gasteiger partial charge in [0.2, 0.25) is 15.9 Å². The summed E-state index contributed by atoms with van der Waals surface area (Å²) in [5.74, 6) is -0.00824. The first-order valence-corrected chi connectivity index (χ1v) is 10.8. The Hall–Kier alpha value is -3.14. The summed E-state index contributed by atoms with van der Waals surface area (Å²) in [4.78, 5) is 23.2. The maximum atomic E-state index is 12.8. The van der Waals surface area contributed by atoms with Crippen molar-refractivity contribution >= 4 is 33.0 Å². The maximum Gasteiger partial charge on any atom is 0.271 e. The second kappa shape index (κ2) is 9.37. The molecule has 2 aromatic rings. The van der Waals surface area contributed by atoms with E-state index in [1.54, 1.807) is 31.2 Å². The number of hydrogen-bond acceptors (Lipinski definition) is 6. The molecule has 156 valence electrons. The van der Waals surface area contributed by atoms with E-state index in [0.717, 1.165) is 10.6 Å². The highest BCUT2D eigenvalue weighted by Crippen LogP contribution is 2.26. The normalized spacial score (nSPS) is 12.1. The van der Waals surface area contributed by atoms with E-state index >= 15 is 0 Å². The number of non-ortho nitro benzene ring substituents is 1. The molecule has 0 radical (unpaired) electrons. The molecule has 0 fully saturated rings. The van der Waals surface area contributed by atoms with Crippen molar-refractivity contribution in [3.8, 4) is 5.75 Å². The number of ether oxygens (including phenoxy) is 1. The van der Waals surface area contributed by atoms with Gasteiger partial charge in [-0.3, -0.25) is 19.2 Å². The number of rotatable bonds is 9. The van der Waals surface area contributed by atoms with E-state index in [9.17, 15) is 23.3 Å². The first-order chi connectivity index (χ1) is 13.7. The smallest absolute Gasteiger partial charge is 0.271 e. The Balaban J connectivity index is 2.34. The fourth-order valence-electron chi connectivity index (χ4n) is 2.84. The molecule has 0 saturated carbocycles. The third-order valence-corrected chi connectivity index (χ3v) is 5.24. The van der Waals surface area contributed by atoms with Gasteiger partial charge in [0.15, 0.2) is 0 Å². The highest BCUT2D eigenvalue weighted by atomic mass is 32.2. The lowest BCUT2D eigenvalue weighted by Crippen LogP contribution is -2.47. The van der Waals surface area contributed by atoms with Gasteiger partial charge in [0.25, 0.3) is 5.69 Å². The molecule has 0 saturated heterocycles. The highest BCUT2D eigenvalue weighted by molar-refractivity contribution is 7.92. The van der Waals surface area contributed by atoms with Crippen LogP contribution in [0.5, 0.6) is 5.75 Å². The van der Waals surface area contributed by atoms with Crippen LogP contribution in [0.2, 0.25) is 0 Å². The number of carbonyl (C=O) groups is 1. The fourth-order valence-corrected chi connectivity index (χ4v) is 4.05. The second-order valence-electron chi connectivity index (χ2n) is 6.21. The minimum atomic E-state index is -3.79. The lowest BCUT2D eigenvalue weighted by Gasteiger charge is -2.30. The van der Waals surface area contributed by atoms with Gasteiger partial charge in [-0.05, 0) is 43.7 Å². The van der Waals surface area contributed by atoms with Gasteiger partial charge in [0.05, 0.1) is 23.5 Å². The van der Waals surface area contributed by atoms with Crippen molar-refractivity contribution in [3.05, 3.63) is 58.6 Å². The molecule has 0 aromatic heterocycles. The Morgan fingerprint density at radius 2 is 1.86 bits per heavy atom. The summed E-state index contributed by atoms with van der Waals surface area (Å²) in [7, 11) is -3.79. The summed E-state index contributed by atoms with van der Waals surface area (Å²) in [6.07, 6.45) is 1.22. The second-order valence-corrected chi connectivity index (χ2v) is 8.07. The molecular weight excluding hydrogens is 398 g/mol. The third-order valence-electron chi connectivity index (χ3n) is 4.06. The average molecular weight is 421 g/mol. The Morgan fingerprint density at radius 3 is 2.38 bits per heavy atom. The first kappa shape index (κ1) is 22.2. The van der Waals surface area contributed by atoms with E-state index in [-0.39, 0.29) is 17.8 Å². The van der Waals surface area contributed by atoms with Crippen molar-refractivity contribution in [3.63, 3.8) is 0 Å². The SMILES string of the molecule is CCOc1ccc(N([C@H](CC)C(=O)Nc2cccc([N+](=O)[O-])c2)S(C)(=O)=O)cc1. The van der Waals surface area contributed by atoms with E-state index in [1.807, 2.05) is 6.92 Å². The van der Waals surface area contributed by atoms with Gasteiger partial charge in [-0.15, -0.1) is 0 Å². The first-order valence-electron chi connectivity index (χ1n) is 8.95. The maximum absolute atomic E-state index is 12.8. The van der Waals surface area contributed by atoms with Crippen molar-refractivity contribution in [1.82, 2.24) is 0 Å². The molecule has 9 nitrogen and oxygen atoms in total. The Labute approximate surface area is 169 Å². The Morgan fingerprint density at radius 1 is 1.21 bits per heavy atom. The monoisotopic (exact) mass is 421 g/mol. The van der Waals surface area contributed by atoms with Crippen molar-refractivity contribution in [2.24, 2.45) is 0 Å². The zero-order valence-corrected chi connectivity index (χ0v) is 17.2. The molecule has 2 aromatic carbocycles. The van der Waals surface area contributed by atoms with Crippen LogP contribution in [0, 0.1) is 10.1 Å². The van der Waals surface area contributed by atoms with Crippen molar-refractivity contribution in [1.29, 1.82) is 0 Å². The predicted molar refractivity (Wildman–Crippen MR) is 111 cm³/mol. The zero-order valence-electron chi connectivity index (χ0n) is 16.4. The molecule has 29 heavy (non-hydrogen) atoms. The number of carbonyl (C=O) groups excluding carboxylic acids is 1. The summed E-state index contributed by atoms with van der Waals surface area (Å²) in [5.41, 5.74) is 0.349. The number of sulfonamides is 1. The molecule has 1 atom stereocenters. The molecular formula is C19H23N3O6S. The van der Waals surface area contributed by atoms with Gasteiger partial charge in [0, 0.05) is 17.8 Å². The van der Waals surface area contributed by atoms with Crippen LogP contribution >= 0.6 is 0 Å². The van der Waals surface area contributed by atoms with Gasteiger partial charge in [0.1, 0.15) is 11.8 Å². The predicted octanol–water partition coefficient (Wildman–Crippen LogP) is 3.18. The minimum Gasteiger partial charge on any atom is -0.494 e. The van der Waals surface area contributed by atoms with E-state index in [2.05, 4.69) is 5.32 Å². The van der Waals surface area contributed by atoms with Crippen molar-refractivity contribution in [2.45, 2.75) is 26.3 Å². The molecule has 0 bridgehead atoms. The summed E-state index contributed by atoms with van der Waals surface area (Å²) in [6.45, 7) is 3.99. The van der Waals surface area contributed by atoms with Crippen LogP contribution in [-0.2, 0) is 14.8 Å². The van der Waals surface area contributed by atoms with E-state index in [0.29, 0.717) is 18.0 Å². The highest BCUT2D eigenvalue weighted by Gasteiger charge is 2.31. The van der Waals surface area contributed by atoms with E-state index in [4.69, 9.17) is 4.74 Å². The van der Waals surface area contributed by atoms with Crippen molar-refractivity contribution < 1.29 is 22.9 Å². The quantitative estimate of drug-likeness (QED) is 0.491. The third kappa shape index (κ3) is 5.67. The topological polar surface area (TPSA) is 119 Å². The standard InChI is InChI=1S/C19H23N3O6S/c1-4-18(19(23)20-14-7-6-8-16(13-14)22(24)25)21(29(3,26)27)15-9-11-17(12-10-15)28-5-2/h6-13,18H,4-5H2,1-3H3,(H,20,23)/t18-/m1/s1. The molecule has 1 amide bonds. The number of hydrogen-bond donors (Lipinski definition) is 1. The number of anilines is 2. The van der Waals surface area contributed by atoms with Gasteiger partial charge in [-0.1, -0.05) is 13.0 Å². The molecule has 0 aliphatic rings.